The maximum Gasteiger partial charge on any atom is 0.316 e. The van der Waals surface area contributed by atoms with Crippen molar-refractivity contribution in [3.63, 3.8) is 0 Å². The normalized spacial score (nSPS) is 29.1. The zero-order valence-corrected chi connectivity index (χ0v) is 21.8. The van der Waals surface area contributed by atoms with Crippen molar-refractivity contribution in [2.24, 2.45) is 5.41 Å². The first kappa shape index (κ1) is 25.7. The van der Waals surface area contributed by atoms with Gasteiger partial charge in [0.15, 0.2) is 0 Å². The summed E-state index contributed by atoms with van der Waals surface area (Å²) in [5, 5.41) is 22.4. The molecule has 3 aliphatic rings. The van der Waals surface area contributed by atoms with Crippen LogP contribution in [-0.2, 0) is 0 Å². The minimum atomic E-state index is -0.186. The van der Waals surface area contributed by atoms with Gasteiger partial charge in [0.25, 0.3) is 5.91 Å². The van der Waals surface area contributed by atoms with Gasteiger partial charge < -0.3 is 19.9 Å². The fourth-order valence-electron chi connectivity index (χ4n) is 5.91. The van der Waals surface area contributed by atoms with Crippen LogP contribution in [0.5, 0.6) is 11.8 Å². The van der Waals surface area contributed by atoms with Crippen LogP contribution in [0.15, 0.2) is 24.5 Å². The standard InChI is InChI=1S/C28H33ClN4O4/c1-17-24(7-2-18(14-30)25(17)29)36-22-5-3-20(4-6-22)33-26(35)19-15-31-27(32-16-19)37-23-12-28(13-23)10-8-21(34)9-11-28/h2,7,15-16,20-23,34H,3-6,8-13H2,1H3,(H,33,35). The van der Waals surface area contributed by atoms with Crippen LogP contribution in [-0.4, -0.2) is 45.3 Å². The largest absolute Gasteiger partial charge is 0.490 e. The highest BCUT2D eigenvalue weighted by Gasteiger charge is 2.47. The Balaban J connectivity index is 1.06. The van der Waals surface area contributed by atoms with Gasteiger partial charge in [-0.3, -0.25) is 4.79 Å². The van der Waals surface area contributed by atoms with E-state index in [2.05, 4.69) is 21.4 Å². The van der Waals surface area contributed by atoms with E-state index in [0.717, 1.165) is 69.8 Å². The van der Waals surface area contributed by atoms with Crippen LogP contribution in [0.25, 0.3) is 0 Å². The summed E-state index contributed by atoms with van der Waals surface area (Å²) in [5.41, 5.74) is 1.95. The Labute approximate surface area is 222 Å². The Morgan fingerprint density at radius 2 is 1.76 bits per heavy atom. The van der Waals surface area contributed by atoms with Gasteiger partial charge in [-0.25, -0.2) is 9.97 Å². The second-order valence-corrected chi connectivity index (χ2v) is 11.2. The monoisotopic (exact) mass is 524 g/mol. The number of aliphatic hydroxyl groups excluding tert-OH is 1. The van der Waals surface area contributed by atoms with Gasteiger partial charge in [0.2, 0.25) is 0 Å². The topological polar surface area (TPSA) is 117 Å². The van der Waals surface area contributed by atoms with Crippen molar-refractivity contribution in [3.05, 3.63) is 46.2 Å². The summed E-state index contributed by atoms with van der Waals surface area (Å²) in [6.07, 6.45) is 12.1. The van der Waals surface area contributed by atoms with Crippen molar-refractivity contribution in [2.45, 2.75) is 95.5 Å². The molecule has 37 heavy (non-hydrogen) atoms. The van der Waals surface area contributed by atoms with Gasteiger partial charge in [-0.05, 0) is 88.7 Å². The SMILES string of the molecule is Cc1c(OC2CCC(NC(=O)c3cnc(OC4CC5(CCC(O)CC5)C4)nc3)CC2)ccc(C#N)c1Cl. The number of halogens is 1. The summed E-state index contributed by atoms with van der Waals surface area (Å²) in [6, 6.07) is 5.93. The summed E-state index contributed by atoms with van der Waals surface area (Å²) in [6.45, 7) is 1.86. The van der Waals surface area contributed by atoms with Crippen LogP contribution in [0.4, 0.5) is 0 Å². The van der Waals surface area contributed by atoms with E-state index in [-0.39, 0.29) is 30.3 Å². The average molecular weight is 525 g/mol. The molecule has 1 spiro atoms. The number of carbonyl (C=O) groups is 1. The molecule has 1 amide bonds. The summed E-state index contributed by atoms with van der Waals surface area (Å²) in [5.74, 6) is 0.513. The van der Waals surface area contributed by atoms with E-state index in [1.54, 1.807) is 12.1 Å². The lowest BCUT2D eigenvalue weighted by Gasteiger charge is -2.50. The molecule has 3 saturated carbocycles. The third-order valence-electron chi connectivity index (χ3n) is 8.26. The van der Waals surface area contributed by atoms with E-state index in [9.17, 15) is 9.90 Å². The lowest BCUT2D eigenvalue weighted by atomic mass is 9.59. The number of nitrogens with one attached hydrogen (secondary N) is 1. The van der Waals surface area contributed by atoms with Crippen LogP contribution < -0.4 is 14.8 Å². The molecule has 0 radical (unpaired) electrons. The Morgan fingerprint density at radius 3 is 2.41 bits per heavy atom. The summed E-state index contributed by atoms with van der Waals surface area (Å²) in [7, 11) is 0. The average Bonchev–Trinajstić information content (AvgIpc) is 2.89. The molecule has 3 aliphatic carbocycles. The number of nitriles is 1. The van der Waals surface area contributed by atoms with E-state index in [1.165, 1.54) is 12.4 Å². The van der Waals surface area contributed by atoms with E-state index in [4.69, 9.17) is 26.3 Å². The molecular weight excluding hydrogens is 492 g/mol. The predicted octanol–water partition coefficient (Wildman–Crippen LogP) is 4.89. The highest BCUT2D eigenvalue weighted by atomic mass is 35.5. The van der Waals surface area contributed by atoms with Crippen molar-refractivity contribution < 1.29 is 19.4 Å². The fourth-order valence-corrected chi connectivity index (χ4v) is 6.11. The van der Waals surface area contributed by atoms with Gasteiger partial charge in [-0.15, -0.1) is 0 Å². The molecule has 3 fully saturated rings. The third kappa shape index (κ3) is 5.83. The third-order valence-corrected chi connectivity index (χ3v) is 8.75. The minimum Gasteiger partial charge on any atom is -0.490 e. The second-order valence-electron chi connectivity index (χ2n) is 10.9. The lowest BCUT2D eigenvalue weighted by molar-refractivity contribution is -0.0645. The van der Waals surface area contributed by atoms with Gasteiger partial charge in [0, 0.05) is 24.0 Å². The smallest absolute Gasteiger partial charge is 0.316 e. The van der Waals surface area contributed by atoms with Gasteiger partial charge in [0.1, 0.15) is 17.9 Å². The van der Waals surface area contributed by atoms with Crippen LogP contribution in [0.2, 0.25) is 5.02 Å². The molecule has 0 saturated heterocycles. The van der Waals surface area contributed by atoms with Crippen LogP contribution in [0.3, 0.4) is 0 Å². The molecule has 5 rings (SSSR count). The van der Waals surface area contributed by atoms with E-state index in [0.29, 0.717) is 33.3 Å². The summed E-state index contributed by atoms with van der Waals surface area (Å²) in [4.78, 5) is 21.3. The molecule has 2 N–H and O–H groups in total. The molecule has 9 heteroatoms. The van der Waals surface area contributed by atoms with Gasteiger partial charge in [-0.1, -0.05) is 11.6 Å². The number of ether oxygens (including phenoxy) is 2. The Hall–Kier alpha value is -2.89. The maximum atomic E-state index is 12.7. The number of aliphatic hydroxyl groups is 1. The first-order valence-electron chi connectivity index (χ1n) is 13.2. The Kier molecular flexibility index (Phi) is 7.55. The van der Waals surface area contributed by atoms with Gasteiger partial charge >= 0.3 is 6.01 Å². The molecule has 0 bridgehead atoms. The predicted molar refractivity (Wildman–Crippen MR) is 138 cm³/mol. The molecular formula is C28H33ClN4O4. The van der Waals surface area contributed by atoms with Crippen molar-refractivity contribution in [3.8, 4) is 17.8 Å². The highest BCUT2D eigenvalue weighted by molar-refractivity contribution is 6.32. The first-order chi connectivity index (χ1) is 17.8. The van der Waals surface area contributed by atoms with Crippen LogP contribution in [0.1, 0.15) is 85.7 Å². The minimum absolute atomic E-state index is 0.0416. The molecule has 196 valence electrons. The number of aromatic nitrogens is 2. The van der Waals surface area contributed by atoms with E-state index >= 15 is 0 Å². The van der Waals surface area contributed by atoms with E-state index < -0.39 is 0 Å². The second kappa shape index (κ2) is 10.8. The van der Waals surface area contributed by atoms with Crippen LogP contribution >= 0.6 is 11.6 Å². The quantitative estimate of drug-likeness (QED) is 0.552. The maximum absolute atomic E-state index is 12.7. The van der Waals surface area contributed by atoms with Gasteiger partial charge in [0.05, 0.1) is 28.4 Å². The van der Waals surface area contributed by atoms with Gasteiger partial charge in [-0.2, -0.15) is 5.26 Å². The lowest BCUT2D eigenvalue weighted by Crippen LogP contribution is -2.47. The molecule has 0 unspecified atom stereocenters. The first-order valence-corrected chi connectivity index (χ1v) is 13.6. The molecule has 1 aromatic carbocycles. The number of nitrogens with zero attached hydrogens (tertiary/aromatic N) is 3. The summed E-state index contributed by atoms with van der Waals surface area (Å²) < 4.78 is 12.1. The molecule has 0 atom stereocenters. The number of benzene rings is 1. The van der Waals surface area contributed by atoms with Crippen molar-refractivity contribution in [1.82, 2.24) is 15.3 Å². The Bertz CT molecular complexity index is 1160. The summed E-state index contributed by atoms with van der Waals surface area (Å²) >= 11 is 6.26. The van der Waals surface area contributed by atoms with Crippen molar-refractivity contribution in [1.29, 1.82) is 5.26 Å². The number of rotatable bonds is 6. The Morgan fingerprint density at radius 1 is 1.08 bits per heavy atom. The van der Waals surface area contributed by atoms with Crippen LogP contribution in [0, 0.1) is 23.7 Å². The van der Waals surface area contributed by atoms with Crippen molar-refractivity contribution >= 4 is 17.5 Å². The zero-order chi connectivity index (χ0) is 26.0. The molecule has 1 heterocycles. The number of hydrogen-bond acceptors (Lipinski definition) is 7. The molecule has 8 nitrogen and oxygen atoms in total. The number of carbonyl (C=O) groups excluding carboxylic acids is 1. The number of hydrogen-bond donors (Lipinski definition) is 2. The van der Waals surface area contributed by atoms with Crippen molar-refractivity contribution in [2.75, 3.05) is 0 Å². The zero-order valence-electron chi connectivity index (χ0n) is 21.1. The number of amides is 1. The fraction of sp³-hybridized carbons (Fsp3) is 0.571. The molecule has 0 aliphatic heterocycles. The molecule has 1 aromatic heterocycles. The molecule has 2 aromatic rings. The highest BCUT2D eigenvalue weighted by Crippen LogP contribution is 2.52. The van der Waals surface area contributed by atoms with E-state index in [1.807, 2.05) is 6.92 Å².